The maximum Gasteiger partial charge on any atom is 0.242 e. The third kappa shape index (κ3) is 4.05. The predicted octanol–water partition coefficient (Wildman–Crippen LogP) is 2.74. The molecular formula is C12H13BrClN3O2S. The van der Waals surface area contributed by atoms with Crippen LogP contribution in [0.5, 0.6) is 0 Å². The van der Waals surface area contributed by atoms with Gasteiger partial charge in [-0.2, -0.15) is 0 Å². The fraction of sp³-hybridized carbons (Fsp3) is 0.250. The monoisotopic (exact) mass is 377 g/mol. The van der Waals surface area contributed by atoms with E-state index in [1.54, 1.807) is 24.5 Å². The van der Waals surface area contributed by atoms with Gasteiger partial charge in [0.25, 0.3) is 0 Å². The highest BCUT2D eigenvalue weighted by atomic mass is 79.9. The van der Waals surface area contributed by atoms with Gasteiger partial charge < -0.3 is 4.98 Å². The normalized spacial score (nSPS) is 11.7. The molecular weight excluding hydrogens is 366 g/mol. The minimum Gasteiger partial charge on any atom is -0.349 e. The minimum atomic E-state index is -3.58. The van der Waals surface area contributed by atoms with Crippen LogP contribution in [0.4, 0.5) is 0 Å². The standard InChI is InChI=1S/C12H13BrClN3O2S/c13-9-3-4-11(10(14)8-9)20(18,19)17-5-1-2-12-15-6-7-16-12/h3-4,6-8,17H,1-2,5H2,(H,15,16). The molecule has 0 radical (unpaired) electrons. The first-order valence-electron chi connectivity index (χ1n) is 5.92. The van der Waals surface area contributed by atoms with Crippen LogP contribution in [0.2, 0.25) is 5.02 Å². The summed E-state index contributed by atoms with van der Waals surface area (Å²) in [6.07, 6.45) is 4.74. The SMILES string of the molecule is O=S(=O)(NCCCc1ncc[nH]1)c1ccc(Br)cc1Cl. The summed E-state index contributed by atoms with van der Waals surface area (Å²) in [4.78, 5) is 7.12. The molecule has 0 aliphatic heterocycles. The molecule has 108 valence electrons. The molecule has 0 amide bonds. The zero-order valence-electron chi connectivity index (χ0n) is 10.4. The van der Waals surface area contributed by atoms with E-state index >= 15 is 0 Å². The molecule has 0 bridgehead atoms. The summed E-state index contributed by atoms with van der Waals surface area (Å²) in [5.41, 5.74) is 0. The number of sulfonamides is 1. The fourth-order valence-electron chi connectivity index (χ4n) is 1.67. The Kier molecular flexibility index (Phi) is 5.20. The Morgan fingerprint density at radius 2 is 2.20 bits per heavy atom. The van der Waals surface area contributed by atoms with Crippen molar-refractivity contribution in [2.75, 3.05) is 6.54 Å². The summed E-state index contributed by atoms with van der Waals surface area (Å²) in [5.74, 6) is 0.839. The predicted molar refractivity (Wildman–Crippen MR) is 81.2 cm³/mol. The van der Waals surface area contributed by atoms with Crippen LogP contribution >= 0.6 is 27.5 Å². The van der Waals surface area contributed by atoms with E-state index in [9.17, 15) is 8.42 Å². The smallest absolute Gasteiger partial charge is 0.242 e. The molecule has 0 fully saturated rings. The summed E-state index contributed by atoms with van der Waals surface area (Å²) in [6.45, 7) is 0.329. The molecule has 2 aromatic rings. The number of aryl methyl sites for hydroxylation is 1. The Morgan fingerprint density at radius 3 is 2.85 bits per heavy atom. The van der Waals surface area contributed by atoms with Gasteiger partial charge in [0.15, 0.2) is 0 Å². The Morgan fingerprint density at radius 1 is 1.40 bits per heavy atom. The number of nitrogens with one attached hydrogen (secondary N) is 2. The van der Waals surface area contributed by atoms with Crippen LogP contribution < -0.4 is 4.72 Å². The van der Waals surface area contributed by atoms with Gasteiger partial charge in [-0.15, -0.1) is 0 Å². The van der Waals surface area contributed by atoms with Gasteiger partial charge in [0.1, 0.15) is 10.7 Å². The van der Waals surface area contributed by atoms with E-state index in [0.717, 1.165) is 10.3 Å². The van der Waals surface area contributed by atoms with E-state index in [4.69, 9.17) is 11.6 Å². The zero-order valence-corrected chi connectivity index (χ0v) is 13.6. The van der Waals surface area contributed by atoms with Gasteiger partial charge in [-0.1, -0.05) is 27.5 Å². The number of imidazole rings is 1. The molecule has 2 rings (SSSR count). The molecule has 1 heterocycles. The molecule has 20 heavy (non-hydrogen) atoms. The number of benzene rings is 1. The van der Waals surface area contributed by atoms with E-state index in [-0.39, 0.29) is 9.92 Å². The molecule has 1 aromatic heterocycles. The van der Waals surface area contributed by atoms with Crippen molar-refractivity contribution in [3.8, 4) is 0 Å². The highest BCUT2D eigenvalue weighted by molar-refractivity contribution is 9.10. The first-order valence-corrected chi connectivity index (χ1v) is 8.57. The molecule has 0 saturated carbocycles. The second-order valence-electron chi connectivity index (χ2n) is 4.11. The molecule has 0 atom stereocenters. The van der Waals surface area contributed by atoms with Crippen LogP contribution in [0.3, 0.4) is 0 Å². The maximum absolute atomic E-state index is 12.1. The van der Waals surface area contributed by atoms with Crippen LogP contribution in [0.25, 0.3) is 0 Å². The third-order valence-electron chi connectivity index (χ3n) is 2.62. The molecule has 8 heteroatoms. The van der Waals surface area contributed by atoms with Crippen molar-refractivity contribution in [1.29, 1.82) is 0 Å². The number of H-pyrrole nitrogens is 1. The second kappa shape index (κ2) is 6.71. The molecule has 0 aliphatic rings. The van der Waals surface area contributed by atoms with Gasteiger partial charge in [0, 0.05) is 29.8 Å². The quantitative estimate of drug-likeness (QED) is 0.759. The van der Waals surface area contributed by atoms with Gasteiger partial charge in [-0.25, -0.2) is 18.1 Å². The molecule has 1 aromatic carbocycles. The number of rotatable bonds is 6. The molecule has 5 nitrogen and oxygen atoms in total. The van der Waals surface area contributed by atoms with Gasteiger partial charge in [0.2, 0.25) is 10.0 Å². The van der Waals surface area contributed by atoms with Gasteiger partial charge in [-0.05, 0) is 24.6 Å². The first-order chi connectivity index (χ1) is 9.49. The molecule has 0 unspecified atom stereocenters. The van der Waals surface area contributed by atoms with E-state index in [2.05, 4.69) is 30.6 Å². The number of aromatic amines is 1. The highest BCUT2D eigenvalue weighted by Crippen LogP contribution is 2.24. The average molecular weight is 379 g/mol. The largest absolute Gasteiger partial charge is 0.349 e. The van der Waals surface area contributed by atoms with Crippen molar-refractivity contribution in [1.82, 2.24) is 14.7 Å². The fourth-order valence-corrected chi connectivity index (χ4v) is 3.78. The Hall–Kier alpha value is -0.890. The van der Waals surface area contributed by atoms with E-state index in [1.165, 1.54) is 6.07 Å². The van der Waals surface area contributed by atoms with Crippen molar-refractivity contribution in [3.05, 3.63) is 45.9 Å². The zero-order chi connectivity index (χ0) is 14.6. The van der Waals surface area contributed by atoms with Crippen LogP contribution in [-0.2, 0) is 16.4 Å². The van der Waals surface area contributed by atoms with Crippen molar-refractivity contribution in [3.63, 3.8) is 0 Å². The third-order valence-corrected chi connectivity index (χ3v) is 5.06. The van der Waals surface area contributed by atoms with Gasteiger partial charge in [0.05, 0.1) is 5.02 Å². The van der Waals surface area contributed by atoms with E-state index < -0.39 is 10.0 Å². The number of hydrogen-bond donors (Lipinski definition) is 2. The van der Waals surface area contributed by atoms with E-state index in [1.807, 2.05) is 0 Å². The molecule has 0 saturated heterocycles. The second-order valence-corrected chi connectivity index (χ2v) is 7.17. The topological polar surface area (TPSA) is 74.8 Å². The lowest BCUT2D eigenvalue weighted by Crippen LogP contribution is -2.25. The number of hydrogen-bond acceptors (Lipinski definition) is 3. The van der Waals surface area contributed by atoms with Crippen molar-refractivity contribution >= 4 is 37.6 Å². The van der Waals surface area contributed by atoms with E-state index in [0.29, 0.717) is 19.4 Å². The lowest BCUT2D eigenvalue weighted by atomic mass is 10.3. The first kappa shape index (κ1) is 15.5. The lowest BCUT2D eigenvalue weighted by Gasteiger charge is -2.08. The van der Waals surface area contributed by atoms with Crippen LogP contribution in [-0.4, -0.2) is 24.9 Å². The van der Waals surface area contributed by atoms with Gasteiger partial charge >= 0.3 is 0 Å². The highest BCUT2D eigenvalue weighted by Gasteiger charge is 2.17. The Labute approximate surface area is 130 Å². The number of nitrogens with zero attached hydrogens (tertiary/aromatic N) is 1. The van der Waals surface area contributed by atoms with Crippen LogP contribution in [0.15, 0.2) is 40.0 Å². The van der Waals surface area contributed by atoms with Crippen LogP contribution in [0.1, 0.15) is 12.2 Å². The van der Waals surface area contributed by atoms with Crippen molar-refractivity contribution < 1.29 is 8.42 Å². The molecule has 2 N–H and O–H groups in total. The van der Waals surface area contributed by atoms with Crippen molar-refractivity contribution in [2.45, 2.75) is 17.7 Å². The maximum atomic E-state index is 12.1. The minimum absolute atomic E-state index is 0.0837. The summed E-state index contributed by atoms with van der Waals surface area (Å²) in [5, 5.41) is 0.193. The lowest BCUT2D eigenvalue weighted by molar-refractivity contribution is 0.578. The summed E-state index contributed by atoms with van der Waals surface area (Å²) >= 11 is 9.18. The van der Waals surface area contributed by atoms with Crippen LogP contribution in [0, 0.1) is 0 Å². The number of aromatic nitrogens is 2. The summed E-state index contributed by atoms with van der Waals surface area (Å²) in [6, 6.07) is 4.67. The average Bonchev–Trinajstić information content (AvgIpc) is 2.87. The van der Waals surface area contributed by atoms with Gasteiger partial charge in [-0.3, -0.25) is 0 Å². The summed E-state index contributed by atoms with van der Waals surface area (Å²) in [7, 11) is -3.58. The Bertz CT molecular complexity index is 674. The number of halogens is 2. The Balaban J connectivity index is 1.93. The summed E-state index contributed by atoms with van der Waals surface area (Å²) < 4.78 is 27.4. The molecule has 0 aliphatic carbocycles. The van der Waals surface area contributed by atoms with Crippen molar-refractivity contribution in [2.24, 2.45) is 0 Å². The molecule has 0 spiro atoms.